The molecule has 1 aromatic heterocycles. The molecule has 0 saturated carbocycles. The maximum Gasteiger partial charge on any atom is 0.270 e. The molecule has 24 heavy (non-hydrogen) atoms. The maximum absolute atomic E-state index is 10.9. The van der Waals surface area contributed by atoms with Crippen molar-refractivity contribution in [2.24, 2.45) is 0 Å². The molecule has 0 saturated heterocycles. The van der Waals surface area contributed by atoms with Crippen molar-refractivity contribution in [2.75, 3.05) is 0 Å². The number of nitro groups is 1. The zero-order chi connectivity index (χ0) is 17.3. The van der Waals surface area contributed by atoms with E-state index in [0.717, 1.165) is 5.56 Å². The highest BCUT2D eigenvalue weighted by atomic mass is 16.6. The predicted molar refractivity (Wildman–Crippen MR) is 90.5 cm³/mol. The molecule has 0 spiro atoms. The molecule has 0 fully saturated rings. The Labute approximate surface area is 139 Å². The molecule has 3 aromatic rings. The minimum atomic E-state index is -0.452. The van der Waals surface area contributed by atoms with Gasteiger partial charge in [-0.15, -0.1) is 0 Å². The van der Waals surface area contributed by atoms with E-state index in [1.807, 2.05) is 24.3 Å². The Balaban J connectivity index is 1.91. The fourth-order valence-corrected chi connectivity index (χ4v) is 2.33. The van der Waals surface area contributed by atoms with Crippen molar-refractivity contribution in [2.45, 2.75) is 26.2 Å². The van der Waals surface area contributed by atoms with E-state index < -0.39 is 4.92 Å². The molecule has 0 aliphatic carbocycles. The van der Waals surface area contributed by atoms with Gasteiger partial charge in [0.2, 0.25) is 5.82 Å². The van der Waals surface area contributed by atoms with Gasteiger partial charge in [0.25, 0.3) is 11.6 Å². The van der Waals surface area contributed by atoms with E-state index in [9.17, 15) is 10.1 Å². The van der Waals surface area contributed by atoms with Crippen LogP contribution in [0.1, 0.15) is 26.3 Å². The third-order valence-electron chi connectivity index (χ3n) is 3.74. The summed E-state index contributed by atoms with van der Waals surface area (Å²) in [6.07, 6.45) is 0. The number of nitro benzene ring substituents is 1. The highest BCUT2D eigenvalue weighted by Gasteiger charge is 2.16. The summed E-state index contributed by atoms with van der Waals surface area (Å²) in [6, 6.07) is 14.1. The average Bonchev–Trinajstić information content (AvgIpc) is 3.04. The number of rotatable bonds is 3. The Morgan fingerprint density at radius 3 is 2.38 bits per heavy atom. The molecule has 0 atom stereocenters. The Hall–Kier alpha value is -3.02. The molecular weight excluding hydrogens is 306 g/mol. The van der Waals surface area contributed by atoms with E-state index >= 15 is 0 Å². The van der Waals surface area contributed by atoms with E-state index in [1.54, 1.807) is 12.1 Å². The molecule has 0 N–H and O–H groups in total. The molecular formula is C18H17N3O3. The lowest BCUT2D eigenvalue weighted by atomic mass is 9.87. The summed E-state index contributed by atoms with van der Waals surface area (Å²) >= 11 is 0. The topological polar surface area (TPSA) is 82.1 Å². The molecule has 2 aromatic carbocycles. The van der Waals surface area contributed by atoms with E-state index in [0.29, 0.717) is 11.4 Å². The molecule has 0 aliphatic heterocycles. The second-order valence-electron chi connectivity index (χ2n) is 6.56. The SMILES string of the molecule is CC(C)(C)c1ccc(-c2noc(-c3cccc([N+](=O)[O-])c3)n2)cc1. The third kappa shape index (κ3) is 3.17. The summed E-state index contributed by atoms with van der Waals surface area (Å²) < 4.78 is 5.25. The third-order valence-corrected chi connectivity index (χ3v) is 3.74. The minimum Gasteiger partial charge on any atom is -0.334 e. The lowest BCUT2D eigenvalue weighted by Crippen LogP contribution is -2.10. The summed E-state index contributed by atoms with van der Waals surface area (Å²) in [4.78, 5) is 14.8. The highest BCUT2D eigenvalue weighted by Crippen LogP contribution is 2.27. The molecule has 0 unspecified atom stereocenters. The summed E-state index contributed by atoms with van der Waals surface area (Å²) in [5, 5.41) is 14.8. The molecule has 6 heteroatoms. The van der Waals surface area contributed by atoms with Crippen molar-refractivity contribution in [1.82, 2.24) is 10.1 Å². The highest BCUT2D eigenvalue weighted by molar-refractivity contribution is 5.62. The largest absolute Gasteiger partial charge is 0.334 e. The van der Waals surface area contributed by atoms with Crippen LogP contribution in [0, 0.1) is 10.1 Å². The smallest absolute Gasteiger partial charge is 0.270 e. The summed E-state index contributed by atoms with van der Waals surface area (Å²) in [6.45, 7) is 6.45. The molecule has 3 rings (SSSR count). The van der Waals surface area contributed by atoms with Crippen LogP contribution >= 0.6 is 0 Å². The van der Waals surface area contributed by atoms with Gasteiger partial charge in [0, 0.05) is 23.3 Å². The lowest BCUT2D eigenvalue weighted by Gasteiger charge is -2.18. The van der Waals surface area contributed by atoms with Crippen LogP contribution in [-0.2, 0) is 5.41 Å². The van der Waals surface area contributed by atoms with Gasteiger partial charge in [0.1, 0.15) is 0 Å². The monoisotopic (exact) mass is 323 g/mol. The normalized spacial score (nSPS) is 11.5. The second-order valence-corrected chi connectivity index (χ2v) is 6.56. The number of nitrogens with zero attached hydrogens (tertiary/aromatic N) is 3. The van der Waals surface area contributed by atoms with Crippen LogP contribution in [0.15, 0.2) is 53.1 Å². The second kappa shape index (κ2) is 5.88. The van der Waals surface area contributed by atoms with E-state index in [2.05, 4.69) is 30.9 Å². The molecule has 1 heterocycles. The number of benzene rings is 2. The maximum atomic E-state index is 10.9. The van der Waals surface area contributed by atoms with Crippen LogP contribution in [0.5, 0.6) is 0 Å². The van der Waals surface area contributed by atoms with Gasteiger partial charge in [-0.3, -0.25) is 10.1 Å². The first-order valence-corrected chi connectivity index (χ1v) is 7.54. The van der Waals surface area contributed by atoms with Gasteiger partial charge in [-0.25, -0.2) is 0 Å². The average molecular weight is 323 g/mol. The van der Waals surface area contributed by atoms with E-state index in [-0.39, 0.29) is 17.0 Å². The molecule has 122 valence electrons. The van der Waals surface area contributed by atoms with Gasteiger partial charge >= 0.3 is 0 Å². The number of hydrogen-bond donors (Lipinski definition) is 0. The first-order chi connectivity index (χ1) is 11.3. The van der Waals surface area contributed by atoms with Gasteiger partial charge < -0.3 is 4.52 Å². The molecule has 0 amide bonds. The molecule has 0 bridgehead atoms. The fourth-order valence-electron chi connectivity index (χ4n) is 2.33. The van der Waals surface area contributed by atoms with Crippen molar-refractivity contribution in [1.29, 1.82) is 0 Å². The van der Waals surface area contributed by atoms with Crippen LogP contribution in [-0.4, -0.2) is 15.1 Å². The van der Waals surface area contributed by atoms with Crippen molar-refractivity contribution >= 4 is 5.69 Å². The number of aromatic nitrogens is 2. The van der Waals surface area contributed by atoms with Crippen molar-refractivity contribution in [3.63, 3.8) is 0 Å². The van der Waals surface area contributed by atoms with Crippen LogP contribution in [0.4, 0.5) is 5.69 Å². The lowest BCUT2D eigenvalue weighted by molar-refractivity contribution is -0.384. The Morgan fingerprint density at radius 2 is 1.75 bits per heavy atom. The molecule has 0 aliphatic rings. The predicted octanol–water partition coefficient (Wildman–Crippen LogP) is 4.61. The fraction of sp³-hybridized carbons (Fsp3) is 0.222. The minimum absolute atomic E-state index is 0.0122. The van der Waals surface area contributed by atoms with Crippen molar-refractivity contribution < 1.29 is 9.45 Å². The summed E-state index contributed by atoms with van der Waals surface area (Å²) in [7, 11) is 0. The molecule has 0 radical (unpaired) electrons. The number of non-ortho nitro benzene ring substituents is 1. The van der Waals surface area contributed by atoms with E-state index in [1.165, 1.54) is 17.7 Å². The van der Waals surface area contributed by atoms with E-state index in [4.69, 9.17) is 4.52 Å². The number of hydrogen-bond acceptors (Lipinski definition) is 5. The summed E-state index contributed by atoms with van der Waals surface area (Å²) in [5.41, 5.74) is 2.64. The zero-order valence-electron chi connectivity index (χ0n) is 13.7. The Kier molecular flexibility index (Phi) is 3.89. The van der Waals surface area contributed by atoms with Crippen LogP contribution < -0.4 is 0 Å². The summed E-state index contributed by atoms with van der Waals surface area (Å²) in [5.74, 6) is 0.713. The van der Waals surface area contributed by atoms with Crippen molar-refractivity contribution in [3.05, 3.63) is 64.2 Å². The van der Waals surface area contributed by atoms with Crippen molar-refractivity contribution in [3.8, 4) is 22.8 Å². The van der Waals surface area contributed by atoms with Gasteiger partial charge in [0.05, 0.1) is 4.92 Å². The van der Waals surface area contributed by atoms with Crippen LogP contribution in [0.3, 0.4) is 0 Å². The zero-order valence-corrected chi connectivity index (χ0v) is 13.7. The quantitative estimate of drug-likeness (QED) is 0.519. The van der Waals surface area contributed by atoms with Crippen LogP contribution in [0.2, 0.25) is 0 Å². The Bertz CT molecular complexity index is 877. The first-order valence-electron chi connectivity index (χ1n) is 7.54. The standard InChI is InChI=1S/C18H17N3O3/c1-18(2,3)14-9-7-12(8-10-14)16-19-17(24-20-16)13-5-4-6-15(11-13)21(22)23/h4-11H,1-3H3. The Morgan fingerprint density at radius 1 is 1.04 bits per heavy atom. The van der Waals surface area contributed by atoms with Gasteiger partial charge in [-0.05, 0) is 17.0 Å². The first kappa shape index (κ1) is 15.9. The van der Waals surface area contributed by atoms with Crippen LogP contribution in [0.25, 0.3) is 22.8 Å². The molecule has 6 nitrogen and oxygen atoms in total. The van der Waals surface area contributed by atoms with Gasteiger partial charge in [-0.2, -0.15) is 4.98 Å². The van der Waals surface area contributed by atoms with Gasteiger partial charge in [0.15, 0.2) is 0 Å². The van der Waals surface area contributed by atoms with Gasteiger partial charge in [-0.1, -0.05) is 56.3 Å².